The number of halogens is 1. The average Bonchev–Trinajstić information content (AvgIpc) is 2.94. The van der Waals surface area contributed by atoms with Crippen LogP contribution in [0.5, 0.6) is 0 Å². The molecule has 0 saturated heterocycles. The molecule has 1 aromatic carbocycles. The first-order valence-corrected chi connectivity index (χ1v) is 8.36. The van der Waals surface area contributed by atoms with Crippen LogP contribution in [-0.2, 0) is 5.41 Å². The highest BCUT2D eigenvalue weighted by molar-refractivity contribution is 6.31. The number of amides is 1. The Morgan fingerprint density at radius 3 is 2.36 bits per heavy atom. The summed E-state index contributed by atoms with van der Waals surface area (Å²) in [5.41, 5.74) is 3.16. The van der Waals surface area contributed by atoms with Gasteiger partial charge in [0.1, 0.15) is 0 Å². The van der Waals surface area contributed by atoms with Gasteiger partial charge in [0.2, 0.25) is 0 Å². The van der Waals surface area contributed by atoms with Gasteiger partial charge in [-0.15, -0.1) is 5.10 Å². The van der Waals surface area contributed by atoms with Crippen LogP contribution in [0.2, 0.25) is 5.02 Å². The number of carbonyl (C=O) groups is 1. The Bertz CT molecular complexity index is 954. The van der Waals surface area contributed by atoms with Crippen LogP contribution in [0.4, 0.5) is 5.95 Å². The second-order valence-electron chi connectivity index (χ2n) is 7.03. The van der Waals surface area contributed by atoms with Crippen molar-refractivity contribution in [1.29, 1.82) is 0 Å². The van der Waals surface area contributed by atoms with Crippen LogP contribution in [-0.4, -0.2) is 25.5 Å². The van der Waals surface area contributed by atoms with Crippen molar-refractivity contribution in [2.45, 2.75) is 40.0 Å². The summed E-state index contributed by atoms with van der Waals surface area (Å²) in [6.07, 6.45) is 0. The van der Waals surface area contributed by atoms with Gasteiger partial charge < -0.3 is 0 Å². The number of aromatic nitrogens is 4. The molecule has 3 aromatic rings. The van der Waals surface area contributed by atoms with Gasteiger partial charge in [-0.05, 0) is 37.0 Å². The molecule has 0 saturated carbocycles. The van der Waals surface area contributed by atoms with Crippen molar-refractivity contribution >= 4 is 29.2 Å². The Morgan fingerprint density at radius 2 is 1.76 bits per heavy atom. The summed E-state index contributed by atoms with van der Waals surface area (Å²) in [7, 11) is 0. The maximum Gasteiger partial charge on any atom is 0.258 e. The van der Waals surface area contributed by atoms with Crippen LogP contribution in [0.3, 0.4) is 0 Å². The third-order valence-corrected chi connectivity index (χ3v) is 4.60. The van der Waals surface area contributed by atoms with E-state index in [2.05, 4.69) is 41.2 Å². The number of hydrogen-bond donors (Lipinski definition) is 1. The van der Waals surface area contributed by atoms with Gasteiger partial charge in [0.25, 0.3) is 17.6 Å². The van der Waals surface area contributed by atoms with Crippen LogP contribution in [0, 0.1) is 13.8 Å². The molecule has 0 atom stereocenters. The smallest absolute Gasteiger partial charge is 0.258 e. The quantitative estimate of drug-likeness (QED) is 0.753. The molecule has 2 aromatic heterocycles. The molecule has 25 heavy (non-hydrogen) atoms. The second-order valence-corrected chi connectivity index (χ2v) is 7.40. The van der Waals surface area contributed by atoms with Crippen LogP contribution in [0.15, 0.2) is 24.3 Å². The van der Waals surface area contributed by atoms with Crippen molar-refractivity contribution in [1.82, 2.24) is 19.6 Å². The van der Waals surface area contributed by atoms with Crippen molar-refractivity contribution in [2.24, 2.45) is 0 Å². The normalized spacial score (nSPS) is 11.8. The number of hydrogen-bond acceptors (Lipinski definition) is 4. The van der Waals surface area contributed by atoms with Crippen LogP contribution in [0.25, 0.3) is 5.78 Å². The lowest BCUT2D eigenvalue weighted by Gasteiger charge is -2.18. The summed E-state index contributed by atoms with van der Waals surface area (Å²) in [5, 5.41) is 7.51. The molecule has 0 aliphatic rings. The number of fused-ring (bicyclic) bond motifs is 1. The maximum atomic E-state index is 12.4. The number of rotatable bonds is 2. The molecule has 0 bridgehead atoms. The van der Waals surface area contributed by atoms with Crippen molar-refractivity contribution < 1.29 is 4.79 Å². The van der Waals surface area contributed by atoms with Gasteiger partial charge in [-0.25, -0.2) is 4.98 Å². The summed E-state index contributed by atoms with van der Waals surface area (Å²) >= 11 is 6.18. The second kappa shape index (κ2) is 6.11. The Hall–Kier alpha value is -2.47. The molecular formula is C18H20ClN5O. The lowest BCUT2D eigenvalue weighted by atomic mass is 9.87. The minimum Gasteiger partial charge on any atom is -0.289 e. The summed E-state index contributed by atoms with van der Waals surface area (Å²) in [5.74, 6) is 0.330. The number of anilines is 1. The fourth-order valence-corrected chi connectivity index (χ4v) is 2.63. The van der Waals surface area contributed by atoms with Crippen molar-refractivity contribution in [3.05, 3.63) is 51.8 Å². The van der Waals surface area contributed by atoms with E-state index < -0.39 is 0 Å². The molecule has 3 rings (SSSR count). The molecule has 2 heterocycles. The minimum absolute atomic E-state index is 0.0402. The molecule has 1 N–H and O–H groups in total. The Kier molecular flexibility index (Phi) is 4.24. The molecule has 1 amide bonds. The highest BCUT2D eigenvalue weighted by atomic mass is 35.5. The van der Waals surface area contributed by atoms with Gasteiger partial charge in [0, 0.05) is 5.56 Å². The van der Waals surface area contributed by atoms with E-state index in [1.807, 2.05) is 19.1 Å². The Balaban J connectivity index is 1.86. The lowest BCUT2D eigenvalue weighted by molar-refractivity contribution is 0.102. The van der Waals surface area contributed by atoms with E-state index in [0.29, 0.717) is 22.1 Å². The molecule has 130 valence electrons. The molecule has 0 radical (unpaired) electrons. The third kappa shape index (κ3) is 3.35. The molecule has 0 spiro atoms. The summed E-state index contributed by atoms with van der Waals surface area (Å²) in [4.78, 5) is 21.0. The van der Waals surface area contributed by atoms with Gasteiger partial charge in [0.15, 0.2) is 0 Å². The van der Waals surface area contributed by atoms with E-state index in [-0.39, 0.29) is 17.3 Å². The van der Waals surface area contributed by atoms with E-state index in [4.69, 9.17) is 11.6 Å². The largest absolute Gasteiger partial charge is 0.289 e. The molecule has 0 unspecified atom stereocenters. The van der Waals surface area contributed by atoms with Gasteiger partial charge in [0.05, 0.1) is 16.4 Å². The number of aryl methyl sites for hydroxylation is 2. The van der Waals surface area contributed by atoms with Gasteiger partial charge in [-0.1, -0.05) is 44.5 Å². The molecule has 0 aliphatic heterocycles. The van der Waals surface area contributed by atoms with Crippen LogP contribution >= 0.6 is 11.6 Å². The third-order valence-electron chi connectivity index (χ3n) is 4.05. The van der Waals surface area contributed by atoms with Crippen molar-refractivity contribution in [3.8, 4) is 0 Å². The maximum absolute atomic E-state index is 12.4. The monoisotopic (exact) mass is 357 g/mol. The average molecular weight is 358 g/mol. The predicted molar refractivity (Wildman–Crippen MR) is 98.4 cm³/mol. The minimum atomic E-state index is -0.267. The molecular weight excluding hydrogens is 338 g/mol. The van der Waals surface area contributed by atoms with Gasteiger partial charge in [-0.2, -0.15) is 9.50 Å². The first-order chi connectivity index (χ1) is 11.7. The topological polar surface area (TPSA) is 72.2 Å². The van der Waals surface area contributed by atoms with E-state index in [9.17, 15) is 4.79 Å². The number of nitrogens with zero attached hydrogens (tertiary/aromatic N) is 4. The zero-order valence-corrected chi connectivity index (χ0v) is 15.6. The van der Waals surface area contributed by atoms with E-state index >= 15 is 0 Å². The fourth-order valence-electron chi connectivity index (χ4n) is 2.50. The first-order valence-electron chi connectivity index (χ1n) is 7.98. The summed E-state index contributed by atoms with van der Waals surface area (Å²) in [6.45, 7) is 10.0. The Morgan fingerprint density at radius 1 is 1.12 bits per heavy atom. The Labute approximate surface area is 151 Å². The van der Waals surface area contributed by atoms with Crippen molar-refractivity contribution in [2.75, 3.05) is 5.32 Å². The molecule has 0 aliphatic carbocycles. The highest BCUT2D eigenvalue weighted by Gasteiger charge is 2.16. The van der Waals surface area contributed by atoms with Gasteiger partial charge in [-0.3, -0.25) is 10.1 Å². The number of benzene rings is 1. The fraction of sp³-hybridized carbons (Fsp3) is 0.333. The number of carbonyl (C=O) groups excluding carboxylic acids is 1. The van der Waals surface area contributed by atoms with E-state index in [1.165, 1.54) is 10.1 Å². The SMILES string of the molecule is Cc1nc2nc(NC(=O)c3ccc(C(C)(C)C)cc3)nn2c(C)c1Cl. The van der Waals surface area contributed by atoms with Crippen LogP contribution < -0.4 is 5.32 Å². The summed E-state index contributed by atoms with van der Waals surface area (Å²) < 4.78 is 1.52. The van der Waals surface area contributed by atoms with Crippen LogP contribution in [0.1, 0.15) is 48.1 Å². The van der Waals surface area contributed by atoms with Crippen molar-refractivity contribution in [3.63, 3.8) is 0 Å². The zero-order chi connectivity index (χ0) is 18.4. The van der Waals surface area contributed by atoms with Gasteiger partial charge >= 0.3 is 0 Å². The predicted octanol–water partition coefficient (Wildman–Crippen LogP) is 3.94. The highest BCUT2D eigenvalue weighted by Crippen LogP contribution is 2.23. The molecule has 0 fully saturated rings. The van der Waals surface area contributed by atoms with E-state index in [0.717, 1.165) is 5.69 Å². The molecule has 7 heteroatoms. The standard InChI is InChI=1S/C18H20ClN5O/c1-10-14(19)11(2)24-17(20-10)22-16(23-24)21-15(25)12-6-8-13(9-7-12)18(3,4)5/h6-9H,1-5H3,(H,21,23,25). The molecule has 6 nitrogen and oxygen atoms in total. The summed E-state index contributed by atoms with van der Waals surface area (Å²) in [6, 6.07) is 7.52. The first kappa shape index (κ1) is 17.4. The lowest BCUT2D eigenvalue weighted by Crippen LogP contribution is -2.15. The van der Waals surface area contributed by atoms with E-state index in [1.54, 1.807) is 19.1 Å². The zero-order valence-electron chi connectivity index (χ0n) is 14.9. The number of nitrogens with one attached hydrogen (secondary N) is 1.